The first-order valence-corrected chi connectivity index (χ1v) is 4.25. The molecule has 80 valence electrons. The van der Waals surface area contributed by atoms with Crippen LogP contribution in [0.5, 0.6) is 0 Å². The number of esters is 2. The van der Waals surface area contributed by atoms with Gasteiger partial charge < -0.3 is 9.47 Å². The molecule has 0 saturated heterocycles. The lowest BCUT2D eigenvalue weighted by molar-refractivity contribution is -0.143. The number of rotatable bonds is 4. The Hall–Kier alpha value is -1.39. The molecule has 0 saturated carbocycles. The molecule has 0 amide bonds. The molecule has 0 aliphatic carbocycles. The van der Waals surface area contributed by atoms with Crippen LogP contribution in [0.25, 0.3) is 0 Å². The van der Waals surface area contributed by atoms with Crippen LogP contribution in [0.4, 0.5) is 4.39 Å². The van der Waals surface area contributed by atoms with Crippen molar-refractivity contribution in [1.29, 1.82) is 0 Å². The van der Waals surface area contributed by atoms with Gasteiger partial charge in [-0.05, 0) is 20.8 Å². The molecule has 0 heterocycles. The molecule has 14 heavy (non-hydrogen) atoms. The number of carbonyl (C=O) groups is 2. The summed E-state index contributed by atoms with van der Waals surface area (Å²) in [6.45, 7) is 4.50. The second-order valence-corrected chi connectivity index (χ2v) is 2.38. The molecule has 4 nitrogen and oxygen atoms in total. The summed E-state index contributed by atoms with van der Waals surface area (Å²) >= 11 is 0. The van der Waals surface area contributed by atoms with Gasteiger partial charge in [-0.2, -0.15) is 4.39 Å². The number of carbonyl (C=O) groups excluding carboxylic acids is 2. The van der Waals surface area contributed by atoms with E-state index in [0.29, 0.717) is 0 Å². The maximum absolute atomic E-state index is 13.1. The molecule has 0 aliphatic rings. The van der Waals surface area contributed by atoms with Gasteiger partial charge in [0.15, 0.2) is 0 Å². The molecule has 0 radical (unpaired) electrons. The average molecular weight is 204 g/mol. The van der Waals surface area contributed by atoms with Crippen LogP contribution in [-0.2, 0) is 19.1 Å². The second-order valence-electron chi connectivity index (χ2n) is 2.38. The van der Waals surface area contributed by atoms with Crippen LogP contribution >= 0.6 is 0 Å². The zero-order chi connectivity index (χ0) is 11.1. The molecule has 5 heteroatoms. The fourth-order valence-corrected chi connectivity index (χ4v) is 0.677. The van der Waals surface area contributed by atoms with E-state index in [1.165, 1.54) is 6.92 Å². The van der Waals surface area contributed by atoms with E-state index in [4.69, 9.17) is 0 Å². The fourth-order valence-electron chi connectivity index (χ4n) is 0.677. The standard InChI is InChI=1S/C9H13FO4/c1-4-13-8(11)6(3)7(10)9(12)14-5-2/h4-5H2,1-3H3/b7-6+. The summed E-state index contributed by atoms with van der Waals surface area (Å²) in [5.41, 5.74) is -0.370. The van der Waals surface area contributed by atoms with E-state index in [9.17, 15) is 14.0 Å². The van der Waals surface area contributed by atoms with Crippen LogP contribution in [0, 0.1) is 0 Å². The lowest BCUT2D eigenvalue weighted by atomic mass is 10.2. The predicted octanol–water partition coefficient (Wildman–Crippen LogP) is 1.36. The van der Waals surface area contributed by atoms with E-state index < -0.39 is 17.8 Å². The van der Waals surface area contributed by atoms with Crippen molar-refractivity contribution in [1.82, 2.24) is 0 Å². The third-order valence-corrected chi connectivity index (χ3v) is 1.37. The summed E-state index contributed by atoms with van der Waals surface area (Å²) in [6.07, 6.45) is 0. The summed E-state index contributed by atoms with van der Waals surface area (Å²) < 4.78 is 21.9. The van der Waals surface area contributed by atoms with Gasteiger partial charge in [0.2, 0.25) is 5.83 Å². The Balaban J connectivity index is 4.57. The lowest BCUT2D eigenvalue weighted by Crippen LogP contribution is -2.12. The molecule has 0 aromatic rings. The van der Waals surface area contributed by atoms with Gasteiger partial charge in [0.1, 0.15) is 0 Å². The molecule has 0 rings (SSSR count). The van der Waals surface area contributed by atoms with Crippen molar-refractivity contribution in [3.63, 3.8) is 0 Å². The van der Waals surface area contributed by atoms with Crippen molar-refractivity contribution < 1.29 is 23.5 Å². The highest BCUT2D eigenvalue weighted by molar-refractivity contribution is 5.98. The molecule has 0 unspecified atom stereocenters. The van der Waals surface area contributed by atoms with Gasteiger partial charge in [-0.25, -0.2) is 9.59 Å². The molecule has 0 bridgehead atoms. The first-order chi connectivity index (χ1) is 6.54. The number of hydrogen-bond donors (Lipinski definition) is 0. The second kappa shape index (κ2) is 6.12. The van der Waals surface area contributed by atoms with Gasteiger partial charge in [-0.1, -0.05) is 0 Å². The number of hydrogen-bond acceptors (Lipinski definition) is 4. The Morgan fingerprint density at radius 2 is 1.50 bits per heavy atom. The zero-order valence-electron chi connectivity index (χ0n) is 8.43. The summed E-state index contributed by atoms with van der Waals surface area (Å²) in [5, 5.41) is 0. The van der Waals surface area contributed by atoms with Crippen LogP contribution in [0.15, 0.2) is 11.4 Å². The van der Waals surface area contributed by atoms with Crippen LogP contribution in [0.3, 0.4) is 0 Å². The zero-order valence-corrected chi connectivity index (χ0v) is 8.43. The summed E-state index contributed by atoms with van der Waals surface area (Å²) in [4.78, 5) is 21.8. The molecule has 0 fully saturated rings. The van der Waals surface area contributed by atoms with Gasteiger partial charge in [0.05, 0.1) is 18.8 Å². The molecule has 0 aliphatic heterocycles. The van der Waals surface area contributed by atoms with E-state index >= 15 is 0 Å². The Kier molecular flexibility index (Phi) is 5.52. The Morgan fingerprint density at radius 3 is 1.93 bits per heavy atom. The minimum Gasteiger partial charge on any atom is -0.463 e. The largest absolute Gasteiger partial charge is 0.463 e. The van der Waals surface area contributed by atoms with Gasteiger partial charge in [0.25, 0.3) is 0 Å². The quantitative estimate of drug-likeness (QED) is 0.512. The fraction of sp³-hybridized carbons (Fsp3) is 0.556. The van der Waals surface area contributed by atoms with Crippen molar-refractivity contribution in [2.45, 2.75) is 20.8 Å². The summed E-state index contributed by atoms with van der Waals surface area (Å²) in [6, 6.07) is 0. The first kappa shape index (κ1) is 12.6. The highest BCUT2D eigenvalue weighted by Gasteiger charge is 2.19. The minimum atomic E-state index is -1.20. The van der Waals surface area contributed by atoms with E-state index in [1.807, 2.05) is 0 Å². The van der Waals surface area contributed by atoms with Gasteiger partial charge in [-0.15, -0.1) is 0 Å². The third-order valence-electron chi connectivity index (χ3n) is 1.37. The molecule has 0 spiro atoms. The molecule has 0 atom stereocenters. The highest BCUT2D eigenvalue weighted by atomic mass is 19.1. The van der Waals surface area contributed by atoms with E-state index in [0.717, 1.165) is 0 Å². The van der Waals surface area contributed by atoms with Crippen LogP contribution < -0.4 is 0 Å². The van der Waals surface area contributed by atoms with Crippen molar-refractivity contribution in [2.24, 2.45) is 0 Å². The Morgan fingerprint density at radius 1 is 1.07 bits per heavy atom. The third kappa shape index (κ3) is 3.55. The van der Waals surface area contributed by atoms with Crippen molar-refractivity contribution in [3.8, 4) is 0 Å². The van der Waals surface area contributed by atoms with E-state index in [2.05, 4.69) is 9.47 Å². The van der Waals surface area contributed by atoms with Crippen molar-refractivity contribution in [2.75, 3.05) is 13.2 Å². The topological polar surface area (TPSA) is 52.6 Å². The molecule has 0 N–H and O–H groups in total. The van der Waals surface area contributed by atoms with Crippen LogP contribution in [-0.4, -0.2) is 25.2 Å². The number of halogens is 1. The number of ether oxygens (including phenoxy) is 2. The maximum atomic E-state index is 13.1. The SMILES string of the molecule is CCOC(=O)/C(C)=C(/F)C(=O)OCC. The average Bonchev–Trinajstić information content (AvgIpc) is 2.16. The summed E-state index contributed by atoms with van der Waals surface area (Å²) in [7, 11) is 0. The maximum Gasteiger partial charge on any atom is 0.367 e. The monoisotopic (exact) mass is 204 g/mol. The van der Waals surface area contributed by atoms with Gasteiger partial charge in [0, 0.05) is 0 Å². The van der Waals surface area contributed by atoms with E-state index in [-0.39, 0.29) is 18.8 Å². The Labute approximate surface area is 81.7 Å². The first-order valence-electron chi connectivity index (χ1n) is 4.25. The Bertz CT molecular complexity index is 232. The normalized spacial score (nSPS) is 11.7. The molecular weight excluding hydrogens is 191 g/mol. The molecular formula is C9H13FO4. The minimum absolute atomic E-state index is 0.0579. The smallest absolute Gasteiger partial charge is 0.367 e. The van der Waals surface area contributed by atoms with Crippen LogP contribution in [0.1, 0.15) is 20.8 Å². The molecule has 0 aromatic heterocycles. The van der Waals surface area contributed by atoms with Gasteiger partial charge >= 0.3 is 11.9 Å². The lowest BCUT2D eigenvalue weighted by Gasteiger charge is -2.03. The van der Waals surface area contributed by atoms with Crippen molar-refractivity contribution in [3.05, 3.63) is 11.4 Å². The van der Waals surface area contributed by atoms with Crippen LogP contribution in [0.2, 0.25) is 0 Å². The predicted molar refractivity (Wildman–Crippen MR) is 47.1 cm³/mol. The summed E-state index contributed by atoms with van der Waals surface area (Å²) in [5.74, 6) is -3.19. The van der Waals surface area contributed by atoms with Crippen molar-refractivity contribution >= 4 is 11.9 Å². The highest BCUT2D eigenvalue weighted by Crippen LogP contribution is 2.09. The van der Waals surface area contributed by atoms with Gasteiger partial charge in [-0.3, -0.25) is 0 Å². The van der Waals surface area contributed by atoms with E-state index in [1.54, 1.807) is 13.8 Å². The molecule has 0 aromatic carbocycles.